The van der Waals surface area contributed by atoms with Crippen LogP contribution in [0.25, 0.3) is 0 Å². The van der Waals surface area contributed by atoms with Gasteiger partial charge in [0.05, 0.1) is 0 Å². The predicted octanol–water partition coefficient (Wildman–Crippen LogP) is 3.42. The first-order chi connectivity index (χ1) is 11.7. The maximum atomic E-state index is 12.1. The molecule has 5 heteroatoms. The number of benzene rings is 1. The fourth-order valence-electron chi connectivity index (χ4n) is 2.59. The number of ether oxygens (including phenoxy) is 1. The van der Waals surface area contributed by atoms with E-state index in [2.05, 4.69) is 29.3 Å². The highest BCUT2D eigenvalue weighted by molar-refractivity contribution is 7.99. The van der Waals surface area contributed by atoms with Crippen molar-refractivity contribution in [3.63, 3.8) is 0 Å². The molecule has 0 radical (unpaired) electrons. The van der Waals surface area contributed by atoms with Crippen LogP contribution in [0.4, 0.5) is 5.69 Å². The van der Waals surface area contributed by atoms with Gasteiger partial charge in [0, 0.05) is 43.4 Å². The molecule has 1 aliphatic heterocycles. The van der Waals surface area contributed by atoms with Gasteiger partial charge in [0.2, 0.25) is 0 Å². The lowest BCUT2D eigenvalue weighted by atomic mass is 10.1. The maximum Gasteiger partial charge on any atom is 0.253 e. The Morgan fingerprint density at radius 2 is 2.00 bits per heavy atom. The number of hydrogen-bond donors (Lipinski definition) is 1. The first-order valence-corrected chi connectivity index (χ1v) is 10.2. The number of carbonyl (C=O) groups excluding carboxylic acids is 1. The van der Waals surface area contributed by atoms with Gasteiger partial charge in [-0.2, -0.15) is 11.8 Å². The van der Waals surface area contributed by atoms with Gasteiger partial charge in [-0.1, -0.05) is 25.5 Å². The minimum Gasteiger partial charge on any atom is -0.369 e. The highest BCUT2D eigenvalue weighted by atomic mass is 32.2. The summed E-state index contributed by atoms with van der Waals surface area (Å²) < 4.78 is 5.53. The van der Waals surface area contributed by atoms with Gasteiger partial charge in [-0.3, -0.25) is 4.79 Å². The van der Waals surface area contributed by atoms with Crippen molar-refractivity contribution in [2.75, 3.05) is 43.1 Å². The highest BCUT2D eigenvalue weighted by Crippen LogP contribution is 2.13. The monoisotopic (exact) mass is 350 g/mol. The molecule has 1 atom stereocenters. The third kappa shape index (κ3) is 6.83. The molecule has 0 spiro atoms. The topological polar surface area (TPSA) is 41.6 Å². The number of nitrogens with one attached hydrogen (secondary N) is 1. The summed E-state index contributed by atoms with van der Waals surface area (Å²) in [4.78, 5) is 14.6. The summed E-state index contributed by atoms with van der Waals surface area (Å²) in [5, 5.41) is 2.92. The van der Waals surface area contributed by atoms with E-state index >= 15 is 0 Å². The van der Waals surface area contributed by atoms with E-state index in [0.29, 0.717) is 6.61 Å². The van der Waals surface area contributed by atoms with Crippen molar-refractivity contribution in [1.29, 1.82) is 0 Å². The first kappa shape index (κ1) is 19.3. The summed E-state index contributed by atoms with van der Waals surface area (Å²) in [6.45, 7) is 8.08. The Kier molecular flexibility index (Phi) is 8.64. The van der Waals surface area contributed by atoms with E-state index in [1.54, 1.807) is 6.92 Å². The molecule has 134 valence electrons. The second-order valence-corrected chi connectivity index (χ2v) is 7.48. The van der Waals surface area contributed by atoms with Crippen molar-refractivity contribution in [2.45, 2.75) is 39.2 Å². The highest BCUT2D eigenvalue weighted by Gasteiger charge is 2.13. The number of carbonyl (C=O) groups is 1. The van der Waals surface area contributed by atoms with E-state index in [1.807, 2.05) is 23.9 Å². The number of hydrogen-bond acceptors (Lipinski definition) is 4. The molecule has 4 nitrogen and oxygen atoms in total. The number of anilines is 1. The molecule has 1 N–H and O–H groups in total. The third-order valence-electron chi connectivity index (χ3n) is 4.28. The van der Waals surface area contributed by atoms with Gasteiger partial charge >= 0.3 is 0 Å². The van der Waals surface area contributed by atoms with Crippen LogP contribution in [0.15, 0.2) is 24.3 Å². The SMILES string of the molecule is CCCCOC(C)C(=O)Nc1ccc(CCN2CCSCC2)cc1. The zero-order valence-corrected chi connectivity index (χ0v) is 15.7. The molecule has 1 heterocycles. The molecule has 0 bridgehead atoms. The smallest absolute Gasteiger partial charge is 0.253 e. The zero-order valence-electron chi connectivity index (χ0n) is 14.9. The largest absolute Gasteiger partial charge is 0.369 e. The van der Waals surface area contributed by atoms with Gasteiger partial charge in [0.1, 0.15) is 6.10 Å². The number of unbranched alkanes of at least 4 members (excludes halogenated alkanes) is 1. The Bertz CT molecular complexity index is 487. The van der Waals surface area contributed by atoms with E-state index in [-0.39, 0.29) is 5.91 Å². The standard InChI is InChI=1S/C19H30N2O2S/c1-3-4-13-23-16(2)19(22)20-18-7-5-17(6-8-18)9-10-21-11-14-24-15-12-21/h5-8,16H,3-4,9-15H2,1-2H3,(H,20,22). The molecule has 1 amide bonds. The van der Waals surface area contributed by atoms with Crippen molar-refractivity contribution in [3.05, 3.63) is 29.8 Å². The summed E-state index contributed by atoms with van der Waals surface area (Å²) in [7, 11) is 0. The molecule has 24 heavy (non-hydrogen) atoms. The lowest BCUT2D eigenvalue weighted by Crippen LogP contribution is -2.34. The molecule has 1 aromatic rings. The van der Waals surface area contributed by atoms with Gasteiger partial charge in [-0.15, -0.1) is 0 Å². The predicted molar refractivity (Wildman–Crippen MR) is 103 cm³/mol. The molecule has 2 rings (SSSR count). The summed E-state index contributed by atoms with van der Waals surface area (Å²) in [5.41, 5.74) is 2.16. The van der Waals surface area contributed by atoms with Crippen LogP contribution in [0.2, 0.25) is 0 Å². The summed E-state index contributed by atoms with van der Waals surface area (Å²) in [5.74, 6) is 2.43. The summed E-state index contributed by atoms with van der Waals surface area (Å²) in [6, 6.07) is 8.18. The van der Waals surface area contributed by atoms with E-state index in [4.69, 9.17) is 4.74 Å². The molecule has 1 fully saturated rings. The quantitative estimate of drug-likeness (QED) is 0.693. The van der Waals surface area contributed by atoms with Crippen LogP contribution in [0.3, 0.4) is 0 Å². The fourth-order valence-corrected chi connectivity index (χ4v) is 3.57. The van der Waals surface area contributed by atoms with Gasteiger partial charge in [-0.05, 0) is 37.5 Å². The van der Waals surface area contributed by atoms with Crippen LogP contribution in [-0.2, 0) is 16.0 Å². The Morgan fingerprint density at radius 1 is 1.29 bits per heavy atom. The van der Waals surface area contributed by atoms with Crippen molar-refractivity contribution in [2.24, 2.45) is 0 Å². The molecular weight excluding hydrogens is 320 g/mol. The Balaban J connectivity index is 1.73. The molecule has 1 aromatic carbocycles. The number of nitrogens with zero attached hydrogens (tertiary/aromatic N) is 1. The molecule has 0 aromatic heterocycles. The molecule has 1 saturated heterocycles. The van der Waals surface area contributed by atoms with E-state index < -0.39 is 6.10 Å². The van der Waals surface area contributed by atoms with Crippen molar-refractivity contribution >= 4 is 23.4 Å². The molecule has 0 saturated carbocycles. The second-order valence-electron chi connectivity index (χ2n) is 6.26. The number of rotatable bonds is 9. The molecule has 0 aliphatic carbocycles. The zero-order chi connectivity index (χ0) is 17.2. The minimum absolute atomic E-state index is 0.0790. The van der Waals surface area contributed by atoms with Crippen LogP contribution < -0.4 is 5.32 Å². The van der Waals surface area contributed by atoms with Gasteiger partial charge < -0.3 is 15.0 Å². The maximum absolute atomic E-state index is 12.1. The van der Waals surface area contributed by atoms with Gasteiger partial charge in [0.25, 0.3) is 5.91 Å². The molecular formula is C19H30N2O2S. The lowest BCUT2D eigenvalue weighted by Gasteiger charge is -2.26. The summed E-state index contributed by atoms with van der Waals surface area (Å²) in [6.07, 6.45) is 2.72. The fraction of sp³-hybridized carbons (Fsp3) is 0.632. The first-order valence-electron chi connectivity index (χ1n) is 9.00. The molecule has 1 unspecified atom stereocenters. The number of thioether (sulfide) groups is 1. The van der Waals surface area contributed by atoms with Crippen LogP contribution in [0.5, 0.6) is 0 Å². The minimum atomic E-state index is -0.409. The van der Waals surface area contributed by atoms with Crippen LogP contribution >= 0.6 is 11.8 Å². The normalized spacial score (nSPS) is 16.8. The lowest BCUT2D eigenvalue weighted by molar-refractivity contribution is -0.126. The Labute approximate surface area is 150 Å². The third-order valence-corrected chi connectivity index (χ3v) is 5.22. The van der Waals surface area contributed by atoms with Crippen molar-refractivity contribution in [3.8, 4) is 0 Å². The van der Waals surface area contributed by atoms with Crippen LogP contribution in [-0.4, -0.2) is 54.7 Å². The van der Waals surface area contributed by atoms with E-state index in [1.165, 1.54) is 30.2 Å². The van der Waals surface area contributed by atoms with Gasteiger partial charge in [0.15, 0.2) is 0 Å². The van der Waals surface area contributed by atoms with Crippen molar-refractivity contribution in [1.82, 2.24) is 4.90 Å². The van der Waals surface area contributed by atoms with Crippen LogP contribution in [0, 0.1) is 0 Å². The van der Waals surface area contributed by atoms with E-state index in [0.717, 1.165) is 31.5 Å². The average Bonchev–Trinajstić information content (AvgIpc) is 2.62. The number of amides is 1. The second kappa shape index (κ2) is 10.7. The summed E-state index contributed by atoms with van der Waals surface area (Å²) >= 11 is 2.04. The average molecular weight is 351 g/mol. The molecule has 1 aliphatic rings. The van der Waals surface area contributed by atoms with E-state index in [9.17, 15) is 4.79 Å². The van der Waals surface area contributed by atoms with Crippen LogP contribution in [0.1, 0.15) is 32.3 Å². The Morgan fingerprint density at radius 3 is 2.67 bits per heavy atom. The Hall–Kier alpha value is -1.04. The van der Waals surface area contributed by atoms with Gasteiger partial charge in [-0.25, -0.2) is 0 Å². The van der Waals surface area contributed by atoms with Crippen molar-refractivity contribution < 1.29 is 9.53 Å².